The molecule has 0 radical (unpaired) electrons. The topological polar surface area (TPSA) is 80.7 Å². The largest absolute Gasteiger partial charge is 0.493 e. The number of aliphatic hydroxyl groups excluding tert-OH is 1. The fraction of sp³-hybridized carbons (Fsp3) is 0.639. The van der Waals surface area contributed by atoms with Gasteiger partial charge in [-0.2, -0.15) is 0 Å². The lowest BCUT2D eigenvalue weighted by Gasteiger charge is -2.58. The fourth-order valence-corrected chi connectivity index (χ4v) is 11.5. The normalized spacial score (nSPS) is 40.1. The zero-order valence-electron chi connectivity index (χ0n) is 26.3. The second-order valence-corrected chi connectivity index (χ2v) is 14.7. The summed E-state index contributed by atoms with van der Waals surface area (Å²) in [5, 5.41) is 10.6. The van der Waals surface area contributed by atoms with Gasteiger partial charge in [-0.3, -0.25) is 4.79 Å². The fourth-order valence-electron chi connectivity index (χ4n) is 11.5. The lowest BCUT2D eigenvalue weighted by molar-refractivity contribution is -0.138. The molecule has 8 heteroatoms. The van der Waals surface area contributed by atoms with Gasteiger partial charge in [0.05, 0.1) is 20.3 Å². The molecule has 2 aromatic carbocycles. The molecule has 44 heavy (non-hydrogen) atoms. The van der Waals surface area contributed by atoms with Gasteiger partial charge in [0.2, 0.25) is 0 Å². The molecular weight excluding hydrogens is 556 g/mol. The second kappa shape index (κ2) is 9.36. The van der Waals surface area contributed by atoms with Gasteiger partial charge in [0.15, 0.2) is 34.9 Å². The number of likely N-dealkylation sites (N-methyl/N-ethyl adjacent to an activating group) is 2. The highest BCUT2D eigenvalue weighted by Crippen LogP contribution is 2.65. The standard InChI is InChI=1S/C18H23NO3.C18H21NO3/c2*1-19-8-7-18-11-4-5-13(20)17(18)22-16-14(21-2)6-3-10(15(16)18)9-12(11)19/h3,6,11-13,17,20H,4-5,7-9H2,1-2H3;3,6,11-12,17H,4-5,7-9H2,1-2H3/t11-,12+,13-,17-,18-;11-,12+,17-,18-/m00/s1. The molecule has 2 spiro atoms. The Hall–Kier alpha value is -2.81. The number of nitrogens with zero attached hydrogens (tertiary/aromatic N) is 2. The lowest BCUT2D eigenvalue weighted by Crippen LogP contribution is -2.66. The number of hydrogen-bond donors (Lipinski definition) is 1. The van der Waals surface area contributed by atoms with Crippen molar-refractivity contribution in [2.75, 3.05) is 41.4 Å². The quantitative estimate of drug-likeness (QED) is 0.560. The average molecular weight is 601 g/mol. The van der Waals surface area contributed by atoms with Gasteiger partial charge in [0.25, 0.3) is 0 Å². The monoisotopic (exact) mass is 600 g/mol. The molecule has 2 saturated heterocycles. The Morgan fingerprint density at radius 3 is 2.00 bits per heavy atom. The van der Waals surface area contributed by atoms with Gasteiger partial charge in [-0.05, 0) is 107 Å². The number of ether oxygens (including phenoxy) is 4. The van der Waals surface area contributed by atoms with Crippen LogP contribution in [0, 0.1) is 11.8 Å². The third kappa shape index (κ3) is 3.22. The number of benzene rings is 2. The van der Waals surface area contributed by atoms with Gasteiger partial charge in [-0.1, -0.05) is 12.1 Å². The van der Waals surface area contributed by atoms with Crippen molar-refractivity contribution >= 4 is 5.78 Å². The van der Waals surface area contributed by atoms with Crippen LogP contribution in [0.5, 0.6) is 23.0 Å². The molecule has 8 aliphatic rings. The molecule has 9 atom stereocenters. The van der Waals surface area contributed by atoms with E-state index in [-0.39, 0.29) is 34.9 Å². The molecule has 2 aromatic rings. The number of carbonyl (C=O) groups is 1. The summed E-state index contributed by atoms with van der Waals surface area (Å²) in [6.45, 7) is 2.13. The zero-order valence-corrected chi connectivity index (χ0v) is 26.3. The number of carbonyl (C=O) groups excluding carboxylic acids is 1. The summed E-state index contributed by atoms with van der Waals surface area (Å²) in [6.07, 6.45) is 7.16. The first kappa shape index (κ1) is 27.5. The van der Waals surface area contributed by atoms with Crippen LogP contribution in [0.1, 0.15) is 60.8 Å². The van der Waals surface area contributed by atoms with Crippen molar-refractivity contribution < 1.29 is 28.8 Å². The van der Waals surface area contributed by atoms with E-state index in [1.807, 2.05) is 12.1 Å². The first-order valence-corrected chi connectivity index (χ1v) is 16.7. The van der Waals surface area contributed by atoms with E-state index in [1.165, 1.54) is 22.3 Å². The van der Waals surface area contributed by atoms with Crippen LogP contribution in [0.4, 0.5) is 0 Å². The van der Waals surface area contributed by atoms with E-state index < -0.39 is 0 Å². The van der Waals surface area contributed by atoms with Crippen LogP contribution in [-0.4, -0.2) is 92.5 Å². The molecule has 4 bridgehead atoms. The minimum absolute atomic E-state index is 0.00625. The van der Waals surface area contributed by atoms with Crippen LogP contribution in [0.2, 0.25) is 0 Å². The van der Waals surface area contributed by atoms with Gasteiger partial charge in [-0.15, -0.1) is 0 Å². The molecule has 1 N–H and O–H groups in total. The summed E-state index contributed by atoms with van der Waals surface area (Å²) < 4.78 is 23.7. The third-order valence-corrected chi connectivity index (χ3v) is 13.4. The molecule has 4 heterocycles. The van der Waals surface area contributed by atoms with Crippen molar-refractivity contribution in [2.45, 2.75) is 92.6 Å². The third-order valence-electron chi connectivity index (χ3n) is 13.4. The van der Waals surface area contributed by atoms with Crippen molar-refractivity contribution in [3.05, 3.63) is 46.5 Å². The number of Topliss-reactive ketones (excluding diaryl/α,β-unsaturated/α-hetero) is 1. The molecule has 234 valence electrons. The molecular formula is C36H44N2O6. The summed E-state index contributed by atoms with van der Waals surface area (Å²) in [5.74, 6) is 4.80. The Morgan fingerprint density at radius 2 is 1.36 bits per heavy atom. The van der Waals surface area contributed by atoms with E-state index >= 15 is 0 Å². The van der Waals surface area contributed by atoms with Crippen LogP contribution in [0.25, 0.3) is 0 Å². The second-order valence-electron chi connectivity index (χ2n) is 14.7. The van der Waals surface area contributed by atoms with Crippen molar-refractivity contribution in [1.82, 2.24) is 9.80 Å². The van der Waals surface area contributed by atoms with E-state index in [9.17, 15) is 9.90 Å². The maximum absolute atomic E-state index is 12.6. The Morgan fingerprint density at radius 1 is 0.795 bits per heavy atom. The van der Waals surface area contributed by atoms with Crippen LogP contribution in [-0.2, 0) is 28.5 Å². The van der Waals surface area contributed by atoms with E-state index in [0.29, 0.717) is 30.3 Å². The highest BCUT2D eigenvalue weighted by atomic mass is 16.5. The summed E-state index contributed by atoms with van der Waals surface area (Å²) >= 11 is 0. The van der Waals surface area contributed by atoms with Gasteiger partial charge < -0.3 is 33.9 Å². The number of piperidine rings is 2. The van der Waals surface area contributed by atoms with E-state index in [2.05, 4.69) is 36.0 Å². The van der Waals surface area contributed by atoms with Gasteiger partial charge in [0, 0.05) is 40.5 Å². The van der Waals surface area contributed by atoms with Gasteiger partial charge in [0.1, 0.15) is 6.10 Å². The van der Waals surface area contributed by atoms with E-state index in [0.717, 1.165) is 81.0 Å². The molecule has 8 nitrogen and oxygen atoms in total. The molecule has 4 fully saturated rings. The van der Waals surface area contributed by atoms with E-state index in [1.54, 1.807) is 14.2 Å². The molecule has 4 aliphatic carbocycles. The molecule has 10 rings (SSSR count). The lowest BCUT2D eigenvalue weighted by atomic mass is 9.51. The van der Waals surface area contributed by atoms with Crippen molar-refractivity contribution in [3.8, 4) is 23.0 Å². The summed E-state index contributed by atoms with van der Waals surface area (Å²) in [4.78, 5) is 17.6. The van der Waals surface area contributed by atoms with Crippen molar-refractivity contribution in [2.24, 2.45) is 11.8 Å². The number of aliphatic hydroxyl groups is 1. The number of rotatable bonds is 2. The molecule has 0 aromatic heterocycles. The predicted octanol–water partition coefficient (Wildman–Crippen LogP) is 3.66. The highest BCUT2D eigenvalue weighted by Gasteiger charge is 2.67. The zero-order chi connectivity index (χ0) is 30.1. The van der Waals surface area contributed by atoms with Crippen LogP contribution in [0.15, 0.2) is 24.3 Å². The first-order valence-electron chi connectivity index (χ1n) is 16.7. The van der Waals surface area contributed by atoms with Crippen LogP contribution >= 0.6 is 0 Å². The SMILES string of the molecule is COc1ccc2c3c1O[C@H]1C(=O)CC[C@H]4[C@@H](C2)N(C)CC[C@]314.COc1ccc2c3c1O[C@H]1[C@@H](O)CC[C@H]4[C@@H](C2)N(C)CC[C@@]341. The average Bonchev–Trinajstić information content (AvgIpc) is 3.57. The predicted molar refractivity (Wildman–Crippen MR) is 164 cm³/mol. The smallest absolute Gasteiger partial charge is 0.174 e. The summed E-state index contributed by atoms with van der Waals surface area (Å²) in [7, 11) is 7.87. The molecule has 0 amide bonds. The molecule has 0 unspecified atom stereocenters. The number of likely N-dealkylation sites (tertiary alicyclic amines) is 2. The maximum atomic E-state index is 12.6. The first-order chi connectivity index (χ1) is 21.3. The van der Waals surface area contributed by atoms with E-state index in [4.69, 9.17) is 18.9 Å². The van der Waals surface area contributed by atoms with Crippen LogP contribution in [0.3, 0.4) is 0 Å². The maximum Gasteiger partial charge on any atom is 0.174 e. The Balaban J connectivity index is 0.000000123. The van der Waals surface area contributed by atoms with Crippen molar-refractivity contribution in [1.29, 1.82) is 0 Å². The number of hydrogen-bond acceptors (Lipinski definition) is 8. The Kier molecular flexibility index (Phi) is 5.85. The van der Waals surface area contributed by atoms with Crippen molar-refractivity contribution in [3.63, 3.8) is 0 Å². The molecule has 2 saturated carbocycles. The Labute approximate surface area is 259 Å². The number of ketones is 1. The minimum atomic E-state index is -0.358. The van der Waals surface area contributed by atoms with Gasteiger partial charge in [-0.25, -0.2) is 0 Å². The summed E-state index contributed by atoms with van der Waals surface area (Å²) in [5.41, 5.74) is 5.35. The summed E-state index contributed by atoms with van der Waals surface area (Å²) in [6, 6.07) is 9.56. The minimum Gasteiger partial charge on any atom is -0.493 e. The highest BCUT2D eigenvalue weighted by molar-refractivity contribution is 5.89. The Bertz CT molecular complexity index is 1560. The number of methoxy groups -OCH3 is 2. The van der Waals surface area contributed by atoms with Crippen LogP contribution < -0.4 is 18.9 Å². The van der Waals surface area contributed by atoms with Gasteiger partial charge >= 0.3 is 0 Å². The molecule has 4 aliphatic heterocycles.